The summed E-state index contributed by atoms with van der Waals surface area (Å²) >= 11 is 0. The molecule has 0 aliphatic rings. The van der Waals surface area contributed by atoms with Crippen molar-refractivity contribution in [3.05, 3.63) is 35.6 Å². The van der Waals surface area contributed by atoms with Gasteiger partial charge in [0.1, 0.15) is 17.9 Å². The smallest absolute Gasteiger partial charge is 0.312 e. The Morgan fingerprint density at radius 1 is 1.06 bits per heavy atom. The number of primary amides is 1. The molecule has 176 valence electrons. The molecule has 10 nitrogen and oxygen atoms in total. The highest BCUT2D eigenvalue weighted by Crippen LogP contribution is 2.15. The Morgan fingerprint density at radius 2 is 1.72 bits per heavy atom. The molecule has 0 bridgehead atoms. The minimum atomic E-state index is -1.62. The molecule has 0 saturated heterocycles. The van der Waals surface area contributed by atoms with Crippen LogP contribution in [0.1, 0.15) is 32.8 Å². The van der Waals surface area contributed by atoms with Crippen LogP contribution in [0.25, 0.3) is 0 Å². The first-order chi connectivity index (χ1) is 15.1. The van der Waals surface area contributed by atoms with E-state index in [9.17, 15) is 28.4 Å². The van der Waals surface area contributed by atoms with Gasteiger partial charge in [-0.2, -0.15) is 0 Å². The third-order valence-electron chi connectivity index (χ3n) is 4.31. The van der Waals surface area contributed by atoms with Crippen LogP contribution in [0.4, 0.5) is 4.39 Å². The van der Waals surface area contributed by atoms with Gasteiger partial charge in [-0.3, -0.25) is 24.0 Å². The molecular formula is C21H28FN3O7. The first kappa shape index (κ1) is 26.5. The second-order valence-electron chi connectivity index (χ2n) is 6.84. The number of rotatable bonds is 12. The van der Waals surface area contributed by atoms with Gasteiger partial charge in [-0.15, -0.1) is 0 Å². The third kappa shape index (κ3) is 8.70. The van der Waals surface area contributed by atoms with Crippen molar-refractivity contribution in [2.75, 3.05) is 13.2 Å². The number of benzene rings is 1. The van der Waals surface area contributed by atoms with Crippen molar-refractivity contribution in [3.8, 4) is 0 Å². The van der Waals surface area contributed by atoms with Gasteiger partial charge < -0.3 is 25.8 Å². The Hall–Kier alpha value is -3.50. The van der Waals surface area contributed by atoms with E-state index in [1.165, 1.54) is 32.0 Å². The topological polar surface area (TPSA) is 154 Å². The lowest BCUT2D eigenvalue weighted by Gasteiger charge is -2.26. The molecule has 3 amide bonds. The summed E-state index contributed by atoms with van der Waals surface area (Å²) in [6.45, 7) is 4.28. The number of amides is 3. The van der Waals surface area contributed by atoms with Gasteiger partial charge in [-0.05, 0) is 31.5 Å². The van der Waals surface area contributed by atoms with Crippen molar-refractivity contribution in [2.45, 2.75) is 45.7 Å². The molecule has 0 radical (unpaired) electrons. The van der Waals surface area contributed by atoms with Gasteiger partial charge in [0.2, 0.25) is 17.7 Å². The van der Waals surface area contributed by atoms with Crippen LogP contribution >= 0.6 is 0 Å². The molecule has 4 N–H and O–H groups in total. The summed E-state index contributed by atoms with van der Waals surface area (Å²) in [6, 6.07) is 2.58. The largest absolute Gasteiger partial charge is 0.466 e. The molecule has 0 heterocycles. The molecule has 0 aliphatic heterocycles. The molecular weight excluding hydrogens is 425 g/mol. The zero-order valence-electron chi connectivity index (χ0n) is 18.2. The van der Waals surface area contributed by atoms with Crippen molar-refractivity contribution in [2.24, 2.45) is 11.7 Å². The predicted octanol–water partition coefficient (Wildman–Crippen LogP) is -0.0245. The molecule has 0 aromatic heterocycles. The fourth-order valence-electron chi connectivity index (χ4n) is 2.96. The average Bonchev–Trinajstić information content (AvgIpc) is 2.69. The van der Waals surface area contributed by atoms with E-state index in [1.54, 1.807) is 13.0 Å². The summed E-state index contributed by atoms with van der Waals surface area (Å²) in [6.07, 6.45) is -0.661. The lowest BCUT2D eigenvalue weighted by molar-refractivity contribution is -0.157. The van der Waals surface area contributed by atoms with E-state index in [0.29, 0.717) is 5.56 Å². The minimum Gasteiger partial charge on any atom is -0.466 e. The zero-order valence-corrected chi connectivity index (χ0v) is 18.2. The third-order valence-corrected chi connectivity index (χ3v) is 4.31. The van der Waals surface area contributed by atoms with Gasteiger partial charge >= 0.3 is 11.9 Å². The Morgan fingerprint density at radius 3 is 2.25 bits per heavy atom. The van der Waals surface area contributed by atoms with Crippen LogP contribution in [0.3, 0.4) is 0 Å². The SMILES string of the molecule is CCOC(=O)C[C@H](C(=O)OCC)[C@@H](NC(=O)[C@H](Cc1cccc(F)c1)NC(C)=O)C(N)=O. The summed E-state index contributed by atoms with van der Waals surface area (Å²) in [4.78, 5) is 60.9. The highest BCUT2D eigenvalue weighted by atomic mass is 19.1. The molecule has 0 aliphatic carbocycles. The maximum absolute atomic E-state index is 13.5. The predicted molar refractivity (Wildman–Crippen MR) is 110 cm³/mol. The van der Waals surface area contributed by atoms with Gasteiger partial charge in [-0.1, -0.05) is 12.1 Å². The second kappa shape index (κ2) is 13.0. The maximum Gasteiger partial charge on any atom is 0.312 e. The molecule has 1 aromatic carbocycles. The van der Waals surface area contributed by atoms with E-state index in [2.05, 4.69) is 10.6 Å². The number of hydrogen-bond donors (Lipinski definition) is 3. The van der Waals surface area contributed by atoms with Crippen molar-refractivity contribution < 1.29 is 37.8 Å². The highest BCUT2D eigenvalue weighted by molar-refractivity contribution is 5.95. The zero-order chi connectivity index (χ0) is 24.3. The van der Waals surface area contributed by atoms with E-state index >= 15 is 0 Å². The number of ether oxygens (including phenoxy) is 2. The Balaban J connectivity index is 3.14. The van der Waals surface area contributed by atoms with Crippen LogP contribution in [0.5, 0.6) is 0 Å². The van der Waals surface area contributed by atoms with Gasteiger partial charge in [0.05, 0.1) is 25.6 Å². The first-order valence-corrected chi connectivity index (χ1v) is 10.0. The van der Waals surface area contributed by atoms with Gasteiger partial charge in [0, 0.05) is 13.3 Å². The Labute approximate surface area is 185 Å². The second-order valence-corrected chi connectivity index (χ2v) is 6.84. The monoisotopic (exact) mass is 453 g/mol. The van der Waals surface area contributed by atoms with Crippen molar-refractivity contribution in [1.82, 2.24) is 10.6 Å². The fraction of sp³-hybridized carbons (Fsp3) is 0.476. The summed E-state index contributed by atoms with van der Waals surface area (Å²) in [7, 11) is 0. The van der Waals surface area contributed by atoms with Crippen molar-refractivity contribution >= 4 is 29.7 Å². The number of nitrogens with one attached hydrogen (secondary N) is 2. The molecule has 1 aromatic rings. The lowest BCUT2D eigenvalue weighted by Crippen LogP contribution is -2.57. The Kier molecular flexibility index (Phi) is 10.8. The molecule has 0 spiro atoms. The van der Waals surface area contributed by atoms with E-state index in [-0.39, 0.29) is 19.6 Å². The van der Waals surface area contributed by atoms with Gasteiger partial charge in [0.25, 0.3) is 0 Å². The van der Waals surface area contributed by atoms with Crippen molar-refractivity contribution in [1.29, 1.82) is 0 Å². The van der Waals surface area contributed by atoms with Crippen LogP contribution in [-0.2, 0) is 39.9 Å². The van der Waals surface area contributed by atoms with Gasteiger partial charge in [0.15, 0.2) is 0 Å². The van der Waals surface area contributed by atoms with E-state index in [4.69, 9.17) is 15.2 Å². The molecule has 1 rings (SSSR count). The molecule has 32 heavy (non-hydrogen) atoms. The molecule has 0 fully saturated rings. The summed E-state index contributed by atoms with van der Waals surface area (Å²) in [5, 5.41) is 4.73. The fourth-order valence-corrected chi connectivity index (χ4v) is 2.96. The Bertz CT molecular complexity index is 846. The average molecular weight is 453 g/mol. The number of nitrogens with two attached hydrogens (primary N) is 1. The molecule has 0 saturated carbocycles. The van der Waals surface area contributed by atoms with Crippen LogP contribution < -0.4 is 16.4 Å². The number of carbonyl (C=O) groups is 5. The summed E-state index contributed by atoms with van der Waals surface area (Å²) in [5.41, 5.74) is 5.80. The van der Waals surface area contributed by atoms with E-state index in [0.717, 1.165) is 0 Å². The maximum atomic E-state index is 13.5. The molecule has 11 heteroatoms. The van der Waals surface area contributed by atoms with Crippen LogP contribution in [0.2, 0.25) is 0 Å². The van der Waals surface area contributed by atoms with Crippen LogP contribution in [0, 0.1) is 11.7 Å². The highest BCUT2D eigenvalue weighted by Gasteiger charge is 2.38. The first-order valence-electron chi connectivity index (χ1n) is 10.0. The number of carbonyl (C=O) groups excluding carboxylic acids is 5. The van der Waals surface area contributed by atoms with E-state index in [1.807, 2.05) is 0 Å². The quantitative estimate of drug-likeness (QED) is 0.376. The normalized spacial score (nSPS) is 13.2. The number of hydrogen-bond acceptors (Lipinski definition) is 7. The lowest BCUT2D eigenvalue weighted by atomic mass is 9.94. The standard InChI is InChI=1S/C21H28FN3O7/c1-4-31-17(27)11-15(21(30)32-5-2)18(19(23)28)25-20(29)16(24-12(3)26)10-13-7-6-8-14(22)9-13/h6-9,15-16,18H,4-5,10-11H2,1-3H3,(H2,23,28)(H,24,26)(H,25,29)/t15-,16-,18+/m0/s1. The van der Waals surface area contributed by atoms with Gasteiger partial charge in [-0.25, -0.2) is 4.39 Å². The van der Waals surface area contributed by atoms with Crippen LogP contribution in [0.15, 0.2) is 24.3 Å². The molecule has 3 atom stereocenters. The van der Waals surface area contributed by atoms with Crippen LogP contribution in [-0.4, -0.2) is 55.0 Å². The van der Waals surface area contributed by atoms with E-state index < -0.39 is 59.9 Å². The minimum absolute atomic E-state index is 0.0360. The summed E-state index contributed by atoms with van der Waals surface area (Å²) in [5.74, 6) is -6.18. The number of esters is 2. The number of halogens is 1. The molecule has 0 unspecified atom stereocenters. The van der Waals surface area contributed by atoms with Crippen molar-refractivity contribution in [3.63, 3.8) is 0 Å². The summed E-state index contributed by atoms with van der Waals surface area (Å²) < 4.78 is 23.2.